The summed E-state index contributed by atoms with van der Waals surface area (Å²) in [5.41, 5.74) is 2.71. The molecule has 1 heterocycles. The molecule has 0 saturated carbocycles. The minimum atomic E-state index is -4.16. The number of hydrogen-bond acceptors (Lipinski definition) is 3. The molecule has 1 aromatic heterocycles. The van der Waals surface area contributed by atoms with Crippen LogP contribution in [0.4, 0.5) is 13.2 Å². The van der Waals surface area contributed by atoms with E-state index in [9.17, 15) is 23.1 Å². The van der Waals surface area contributed by atoms with Crippen LogP contribution in [0.5, 0.6) is 0 Å². The van der Waals surface area contributed by atoms with E-state index in [2.05, 4.69) is 10.3 Å². The molecule has 0 aliphatic heterocycles. The molecule has 1 amide bonds. The Balaban J connectivity index is 1.86. The van der Waals surface area contributed by atoms with Crippen LogP contribution in [0.1, 0.15) is 42.1 Å². The first-order chi connectivity index (χ1) is 12.8. The first-order valence-electron chi connectivity index (χ1n) is 8.87. The minimum absolute atomic E-state index is 0.0188. The van der Waals surface area contributed by atoms with Crippen molar-refractivity contribution in [3.63, 3.8) is 0 Å². The van der Waals surface area contributed by atoms with Crippen molar-refractivity contribution in [2.45, 2.75) is 38.5 Å². The van der Waals surface area contributed by atoms with Crippen molar-refractivity contribution in [1.29, 1.82) is 0 Å². The molecule has 0 saturated heterocycles. The summed E-state index contributed by atoms with van der Waals surface area (Å²) in [5.74, 6) is -1.62. The van der Waals surface area contributed by atoms with Gasteiger partial charge in [0.2, 0.25) is 0 Å². The second kappa shape index (κ2) is 7.68. The molecule has 0 bridgehead atoms. The number of hydrogen-bond donors (Lipinski definition) is 2. The van der Waals surface area contributed by atoms with E-state index in [-0.39, 0.29) is 25.3 Å². The molecule has 1 aliphatic carbocycles. The van der Waals surface area contributed by atoms with E-state index in [0.717, 1.165) is 16.5 Å². The Labute approximate surface area is 155 Å². The van der Waals surface area contributed by atoms with Crippen molar-refractivity contribution in [3.8, 4) is 0 Å². The number of benzene rings is 1. The Morgan fingerprint density at radius 2 is 2.19 bits per heavy atom. The lowest BCUT2D eigenvalue weighted by molar-refractivity contribution is -0.175. The van der Waals surface area contributed by atoms with Crippen LogP contribution in [0.3, 0.4) is 0 Å². The highest BCUT2D eigenvalue weighted by Gasteiger charge is 2.39. The summed E-state index contributed by atoms with van der Waals surface area (Å²) in [6, 6.07) is 7.18. The van der Waals surface area contributed by atoms with Gasteiger partial charge >= 0.3 is 6.18 Å². The maximum absolute atomic E-state index is 12.9. The Kier molecular flexibility index (Phi) is 5.51. The minimum Gasteiger partial charge on any atom is -0.392 e. The van der Waals surface area contributed by atoms with Gasteiger partial charge < -0.3 is 10.4 Å². The van der Waals surface area contributed by atoms with Gasteiger partial charge in [-0.1, -0.05) is 24.3 Å². The number of amides is 1. The number of alkyl halides is 3. The molecule has 144 valence electrons. The number of aromatic nitrogens is 1. The number of aliphatic hydroxyl groups is 1. The van der Waals surface area contributed by atoms with Crippen molar-refractivity contribution >= 4 is 22.4 Å². The zero-order chi connectivity index (χ0) is 19.6. The van der Waals surface area contributed by atoms with Crippen LogP contribution < -0.4 is 5.32 Å². The van der Waals surface area contributed by atoms with Gasteiger partial charge in [0.1, 0.15) is 0 Å². The highest BCUT2D eigenvalue weighted by Crippen LogP contribution is 2.40. The lowest BCUT2D eigenvalue weighted by atomic mass is 9.85. The third-order valence-electron chi connectivity index (χ3n) is 4.75. The van der Waals surface area contributed by atoms with Gasteiger partial charge in [-0.2, -0.15) is 13.2 Å². The number of nitrogens with zero attached hydrogens (tertiary/aromatic N) is 1. The van der Waals surface area contributed by atoms with Gasteiger partial charge in [-0.15, -0.1) is 0 Å². The van der Waals surface area contributed by atoms with Crippen molar-refractivity contribution < 1.29 is 23.1 Å². The summed E-state index contributed by atoms with van der Waals surface area (Å²) < 4.78 is 38.6. The maximum atomic E-state index is 12.9. The lowest BCUT2D eigenvalue weighted by Gasteiger charge is -2.24. The van der Waals surface area contributed by atoms with Gasteiger partial charge in [-0.25, -0.2) is 0 Å². The molecule has 4 nitrogen and oxygen atoms in total. The third kappa shape index (κ3) is 4.47. The third-order valence-corrected chi connectivity index (χ3v) is 4.75. The number of carbonyl (C=O) groups is 1. The fraction of sp³-hybridized carbons (Fsp3) is 0.400. The number of allylic oxidation sites excluding steroid dienone is 2. The standard InChI is InChI=1S/C20H21F3N2O2/c1-12(26)10-25-19(27)15-9-14-3-2-4-17(18(14)24-11-15)13-5-7-16(8-6-13)20(21,22)23/h2-5,9,11-12,16,26H,6-8,10H2,1H3,(H,25,27)/t12-,16-/m1/s1. The predicted octanol–water partition coefficient (Wildman–Crippen LogP) is 4.09. The Morgan fingerprint density at radius 3 is 2.81 bits per heavy atom. The van der Waals surface area contributed by atoms with Crippen LogP contribution in [0.2, 0.25) is 0 Å². The van der Waals surface area contributed by atoms with Gasteiger partial charge in [-0.05, 0) is 37.8 Å². The molecule has 7 heteroatoms. The molecule has 0 spiro atoms. The predicted molar refractivity (Wildman–Crippen MR) is 97.1 cm³/mol. The Hall–Kier alpha value is -2.41. The summed E-state index contributed by atoms with van der Waals surface area (Å²) in [4.78, 5) is 16.5. The molecule has 0 fully saturated rings. The topological polar surface area (TPSA) is 62.2 Å². The summed E-state index contributed by atoms with van der Waals surface area (Å²) in [7, 11) is 0. The SMILES string of the molecule is C[C@@H](O)CNC(=O)c1cnc2c(C3=CC[C@@H](C(F)(F)F)CC3)cccc2c1. The maximum Gasteiger partial charge on any atom is 0.392 e. The second-order valence-corrected chi connectivity index (χ2v) is 6.90. The van der Waals surface area contributed by atoms with Gasteiger partial charge in [0.05, 0.1) is 23.1 Å². The summed E-state index contributed by atoms with van der Waals surface area (Å²) in [5, 5.41) is 12.6. The van der Waals surface area contributed by atoms with Crippen LogP contribution in [-0.4, -0.2) is 34.8 Å². The zero-order valence-corrected chi connectivity index (χ0v) is 14.9. The average Bonchev–Trinajstić information content (AvgIpc) is 2.64. The number of rotatable bonds is 4. The van der Waals surface area contributed by atoms with E-state index >= 15 is 0 Å². The molecule has 1 aliphatic rings. The Morgan fingerprint density at radius 1 is 1.41 bits per heavy atom. The van der Waals surface area contributed by atoms with Crippen LogP contribution in [0.15, 0.2) is 36.5 Å². The van der Waals surface area contributed by atoms with Crippen molar-refractivity contribution in [3.05, 3.63) is 47.7 Å². The fourth-order valence-electron chi connectivity index (χ4n) is 3.26. The highest BCUT2D eigenvalue weighted by atomic mass is 19.4. The molecule has 0 unspecified atom stereocenters. The first kappa shape index (κ1) is 19.4. The molecule has 0 radical (unpaired) electrons. The van der Waals surface area contributed by atoms with Crippen LogP contribution in [0, 0.1) is 5.92 Å². The number of carbonyl (C=O) groups excluding carboxylic acids is 1. The van der Waals surface area contributed by atoms with Gasteiger partial charge in [0.15, 0.2) is 0 Å². The van der Waals surface area contributed by atoms with Crippen LogP contribution in [0.25, 0.3) is 16.5 Å². The lowest BCUT2D eigenvalue weighted by Crippen LogP contribution is -2.30. The van der Waals surface area contributed by atoms with Crippen molar-refractivity contribution in [2.24, 2.45) is 5.92 Å². The molecule has 27 heavy (non-hydrogen) atoms. The largest absolute Gasteiger partial charge is 0.392 e. The quantitative estimate of drug-likeness (QED) is 0.842. The molecular weight excluding hydrogens is 357 g/mol. The molecular formula is C20H21F3N2O2. The number of aliphatic hydroxyl groups excluding tert-OH is 1. The number of pyridine rings is 1. The zero-order valence-electron chi connectivity index (χ0n) is 14.9. The smallest absolute Gasteiger partial charge is 0.392 e. The summed E-state index contributed by atoms with van der Waals surface area (Å²) >= 11 is 0. The van der Waals surface area contributed by atoms with E-state index in [1.807, 2.05) is 18.2 Å². The number of fused-ring (bicyclic) bond motifs is 1. The number of para-hydroxylation sites is 1. The van der Waals surface area contributed by atoms with Gasteiger partial charge in [-0.3, -0.25) is 9.78 Å². The second-order valence-electron chi connectivity index (χ2n) is 6.90. The monoisotopic (exact) mass is 378 g/mol. The van der Waals surface area contributed by atoms with Crippen molar-refractivity contribution in [2.75, 3.05) is 6.54 Å². The Bertz CT molecular complexity index is 875. The van der Waals surface area contributed by atoms with Crippen molar-refractivity contribution in [1.82, 2.24) is 10.3 Å². The van der Waals surface area contributed by atoms with E-state index in [4.69, 9.17) is 0 Å². The van der Waals surface area contributed by atoms with Gasteiger partial charge in [0, 0.05) is 23.7 Å². The van der Waals surface area contributed by atoms with E-state index in [0.29, 0.717) is 17.5 Å². The van der Waals surface area contributed by atoms with Gasteiger partial charge in [0.25, 0.3) is 5.91 Å². The number of nitrogens with one attached hydrogen (secondary N) is 1. The van der Waals surface area contributed by atoms with E-state index in [1.165, 1.54) is 6.20 Å². The van der Waals surface area contributed by atoms with Crippen LogP contribution in [-0.2, 0) is 0 Å². The molecule has 2 N–H and O–H groups in total. The van der Waals surface area contributed by atoms with E-state index < -0.39 is 18.2 Å². The highest BCUT2D eigenvalue weighted by molar-refractivity contribution is 5.99. The summed E-state index contributed by atoms with van der Waals surface area (Å²) in [6.45, 7) is 1.72. The average molecular weight is 378 g/mol. The molecule has 2 atom stereocenters. The normalized spacial score (nSPS) is 18.9. The van der Waals surface area contributed by atoms with Crippen LogP contribution >= 0.6 is 0 Å². The fourth-order valence-corrected chi connectivity index (χ4v) is 3.26. The van der Waals surface area contributed by atoms with E-state index in [1.54, 1.807) is 19.1 Å². The number of halogens is 3. The molecule has 1 aromatic carbocycles. The summed E-state index contributed by atoms with van der Waals surface area (Å²) in [6.07, 6.45) is -1.30. The molecule has 2 aromatic rings. The first-order valence-corrected chi connectivity index (χ1v) is 8.87. The molecule has 3 rings (SSSR count).